The van der Waals surface area contributed by atoms with E-state index in [2.05, 4.69) is 11.6 Å². The van der Waals surface area contributed by atoms with Gasteiger partial charge in [-0.1, -0.05) is 24.8 Å². The summed E-state index contributed by atoms with van der Waals surface area (Å²) in [5.74, 6) is -0.977. The standard InChI is InChI=1S/C21H20FN3O3/c1-14-16-7-2-3-8-17(16)21(27)25(14)13-19(26)24-11-5-6-15(12-24)28-20-18(22)9-4-10-23-20/h2-4,7-10,15H,1,5-6,11-13H2/t15-/m0/s1. The van der Waals surface area contributed by atoms with Crippen LogP contribution >= 0.6 is 0 Å². The van der Waals surface area contributed by atoms with Gasteiger partial charge in [0.25, 0.3) is 11.8 Å². The number of fused-ring (bicyclic) bond motifs is 1. The van der Waals surface area contributed by atoms with Crippen molar-refractivity contribution in [1.29, 1.82) is 0 Å². The SMILES string of the molecule is C=C1c2ccccc2C(=O)N1CC(=O)N1CCC[C@H](Oc2ncccc2F)C1. The summed E-state index contributed by atoms with van der Waals surface area (Å²) in [6, 6.07) is 9.98. The van der Waals surface area contributed by atoms with Crippen molar-refractivity contribution >= 4 is 17.5 Å². The topological polar surface area (TPSA) is 62.7 Å². The van der Waals surface area contributed by atoms with E-state index < -0.39 is 5.82 Å². The number of hydrogen-bond acceptors (Lipinski definition) is 4. The molecule has 0 bridgehead atoms. The van der Waals surface area contributed by atoms with Gasteiger partial charge < -0.3 is 9.64 Å². The number of carbonyl (C=O) groups is 2. The third kappa shape index (κ3) is 3.35. The molecule has 0 unspecified atom stereocenters. The lowest BCUT2D eigenvalue weighted by molar-refractivity contribution is -0.134. The molecule has 28 heavy (non-hydrogen) atoms. The highest BCUT2D eigenvalue weighted by Gasteiger charge is 2.34. The lowest BCUT2D eigenvalue weighted by atomic mass is 10.1. The van der Waals surface area contributed by atoms with Crippen LogP contribution in [0.3, 0.4) is 0 Å². The largest absolute Gasteiger partial charge is 0.470 e. The maximum atomic E-state index is 13.8. The Morgan fingerprint density at radius 2 is 2.04 bits per heavy atom. The molecule has 144 valence electrons. The average Bonchev–Trinajstić information content (AvgIpc) is 2.95. The van der Waals surface area contributed by atoms with E-state index in [1.807, 2.05) is 12.1 Å². The van der Waals surface area contributed by atoms with Gasteiger partial charge in [-0.3, -0.25) is 14.5 Å². The monoisotopic (exact) mass is 381 g/mol. The second-order valence-electron chi connectivity index (χ2n) is 6.90. The maximum absolute atomic E-state index is 13.8. The van der Waals surface area contributed by atoms with E-state index in [0.717, 1.165) is 12.0 Å². The lowest BCUT2D eigenvalue weighted by Gasteiger charge is -2.33. The van der Waals surface area contributed by atoms with E-state index in [1.54, 1.807) is 17.0 Å². The number of halogens is 1. The van der Waals surface area contributed by atoms with Crippen LogP contribution in [0.1, 0.15) is 28.8 Å². The van der Waals surface area contributed by atoms with Crippen LogP contribution in [-0.2, 0) is 4.79 Å². The molecular weight excluding hydrogens is 361 g/mol. The van der Waals surface area contributed by atoms with Crippen LogP contribution in [0, 0.1) is 5.82 Å². The Morgan fingerprint density at radius 1 is 1.25 bits per heavy atom. The summed E-state index contributed by atoms with van der Waals surface area (Å²) in [4.78, 5) is 32.4. The summed E-state index contributed by atoms with van der Waals surface area (Å²) in [6.45, 7) is 4.80. The van der Waals surface area contributed by atoms with E-state index in [0.29, 0.717) is 30.8 Å². The predicted molar refractivity (Wildman–Crippen MR) is 101 cm³/mol. The molecule has 1 aromatic heterocycles. The zero-order chi connectivity index (χ0) is 19.7. The molecular formula is C21H20FN3O3. The fraction of sp³-hybridized carbons (Fsp3) is 0.286. The molecule has 4 rings (SSSR count). The van der Waals surface area contributed by atoms with Crippen molar-refractivity contribution in [1.82, 2.24) is 14.8 Å². The second-order valence-corrected chi connectivity index (χ2v) is 6.90. The van der Waals surface area contributed by atoms with E-state index >= 15 is 0 Å². The number of carbonyl (C=O) groups excluding carboxylic acids is 2. The van der Waals surface area contributed by atoms with Gasteiger partial charge in [-0.15, -0.1) is 0 Å². The van der Waals surface area contributed by atoms with Crippen LogP contribution in [0.25, 0.3) is 5.70 Å². The molecule has 6 nitrogen and oxygen atoms in total. The van der Waals surface area contributed by atoms with Crippen LogP contribution < -0.4 is 4.74 Å². The molecule has 7 heteroatoms. The van der Waals surface area contributed by atoms with Gasteiger partial charge in [0.05, 0.1) is 6.54 Å². The van der Waals surface area contributed by atoms with Crippen LogP contribution in [0.2, 0.25) is 0 Å². The second kappa shape index (κ2) is 7.42. The molecule has 0 aliphatic carbocycles. The van der Waals surface area contributed by atoms with Gasteiger partial charge in [0.2, 0.25) is 5.91 Å². The first kappa shape index (κ1) is 18.2. The quantitative estimate of drug-likeness (QED) is 0.817. The highest BCUT2D eigenvalue weighted by Crippen LogP contribution is 2.31. The number of hydrogen-bond donors (Lipinski definition) is 0. The number of nitrogens with zero attached hydrogens (tertiary/aromatic N) is 3. The van der Waals surface area contributed by atoms with Crippen molar-refractivity contribution in [2.75, 3.05) is 19.6 Å². The highest BCUT2D eigenvalue weighted by molar-refractivity contribution is 6.10. The maximum Gasteiger partial charge on any atom is 0.259 e. The zero-order valence-corrected chi connectivity index (χ0v) is 15.3. The molecule has 1 atom stereocenters. The highest BCUT2D eigenvalue weighted by atomic mass is 19.1. The van der Waals surface area contributed by atoms with Crippen molar-refractivity contribution in [3.63, 3.8) is 0 Å². The summed E-state index contributed by atoms with van der Waals surface area (Å²) < 4.78 is 19.4. The number of pyridine rings is 1. The Hall–Kier alpha value is -3.22. The van der Waals surface area contributed by atoms with Crippen molar-refractivity contribution in [3.8, 4) is 5.88 Å². The molecule has 0 saturated carbocycles. The Bertz CT molecular complexity index is 911. The molecule has 1 saturated heterocycles. The van der Waals surface area contributed by atoms with Crippen LogP contribution in [-0.4, -0.2) is 52.3 Å². The molecule has 2 aliphatic heterocycles. The lowest BCUT2D eigenvalue weighted by Crippen LogP contribution is -2.48. The molecule has 0 radical (unpaired) electrons. The van der Waals surface area contributed by atoms with Gasteiger partial charge in [0.15, 0.2) is 5.82 Å². The average molecular weight is 381 g/mol. The number of likely N-dealkylation sites (tertiary alicyclic amines) is 1. The molecule has 2 aromatic rings. The minimum atomic E-state index is -0.525. The smallest absolute Gasteiger partial charge is 0.259 e. The van der Waals surface area contributed by atoms with Gasteiger partial charge in [-0.2, -0.15) is 0 Å². The van der Waals surface area contributed by atoms with E-state index in [1.165, 1.54) is 23.2 Å². The van der Waals surface area contributed by atoms with Crippen LogP contribution in [0.4, 0.5) is 4.39 Å². The van der Waals surface area contributed by atoms with Gasteiger partial charge in [-0.25, -0.2) is 9.37 Å². The van der Waals surface area contributed by atoms with Gasteiger partial charge in [0, 0.05) is 29.6 Å². The molecule has 0 spiro atoms. The molecule has 3 heterocycles. The molecule has 2 aliphatic rings. The summed E-state index contributed by atoms with van der Waals surface area (Å²) in [6.07, 6.45) is 2.57. The molecule has 0 N–H and O–H groups in total. The van der Waals surface area contributed by atoms with Gasteiger partial charge in [-0.05, 0) is 31.0 Å². The van der Waals surface area contributed by atoms with Crippen LogP contribution in [0.15, 0.2) is 49.2 Å². The minimum absolute atomic E-state index is 0.0552. The van der Waals surface area contributed by atoms with Crippen molar-refractivity contribution < 1.29 is 18.7 Å². The minimum Gasteiger partial charge on any atom is -0.470 e. The van der Waals surface area contributed by atoms with Crippen molar-refractivity contribution in [3.05, 3.63) is 66.1 Å². The number of benzene rings is 1. The van der Waals surface area contributed by atoms with E-state index in [-0.39, 0.29) is 30.3 Å². The Kier molecular flexibility index (Phi) is 4.81. The summed E-state index contributed by atoms with van der Waals surface area (Å²) in [7, 11) is 0. The van der Waals surface area contributed by atoms with E-state index in [4.69, 9.17) is 4.74 Å². The Labute approximate surface area is 162 Å². The first-order valence-corrected chi connectivity index (χ1v) is 9.19. The van der Waals surface area contributed by atoms with Gasteiger partial charge in [0.1, 0.15) is 12.6 Å². The van der Waals surface area contributed by atoms with Crippen molar-refractivity contribution in [2.24, 2.45) is 0 Å². The number of rotatable bonds is 4. The number of aromatic nitrogens is 1. The molecule has 1 fully saturated rings. The Morgan fingerprint density at radius 3 is 2.79 bits per heavy atom. The first-order chi connectivity index (χ1) is 13.5. The summed E-state index contributed by atoms with van der Waals surface area (Å²) in [5.41, 5.74) is 1.85. The summed E-state index contributed by atoms with van der Waals surface area (Å²) >= 11 is 0. The number of piperidine rings is 1. The number of amides is 2. The molecule has 2 amide bonds. The first-order valence-electron chi connectivity index (χ1n) is 9.19. The van der Waals surface area contributed by atoms with E-state index in [9.17, 15) is 14.0 Å². The predicted octanol–water partition coefficient (Wildman–Crippen LogP) is 2.72. The fourth-order valence-electron chi connectivity index (χ4n) is 3.61. The normalized spacial score (nSPS) is 19.0. The third-order valence-electron chi connectivity index (χ3n) is 5.07. The summed E-state index contributed by atoms with van der Waals surface area (Å²) in [5, 5.41) is 0. The Balaban J connectivity index is 1.41. The van der Waals surface area contributed by atoms with Gasteiger partial charge >= 0.3 is 0 Å². The van der Waals surface area contributed by atoms with Crippen molar-refractivity contribution in [2.45, 2.75) is 18.9 Å². The fourth-order valence-corrected chi connectivity index (χ4v) is 3.61. The van der Waals surface area contributed by atoms with Crippen LogP contribution in [0.5, 0.6) is 5.88 Å². The number of ether oxygens (including phenoxy) is 1. The third-order valence-corrected chi connectivity index (χ3v) is 5.07. The zero-order valence-electron chi connectivity index (χ0n) is 15.3. The molecule has 1 aromatic carbocycles.